The molecule has 0 saturated carbocycles. The standard InChI is InChI=1S/C3H4ClIO2.BH3O3.Li.H/c1-3(4,5)2(6)7;2-1(3)4;;/h1H3,(H,6,7);2-4H;;/q;;+1;-1. The molecule has 0 spiro atoms. The number of carboxylic acids is 1. The Hall–Kier alpha value is 1.03. The minimum atomic E-state index is -2.17. The zero-order valence-electron chi connectivity index (χ0n) is 7.53. The second kappa shape index (κ2) is 8.62. The molecule has 0 bridgehead atoms. The third kappa shape index (κ3) is 22.5. The van der Waals surface area contributed by atoms with E-state index in [0.29, 0.717) is 0 Å². The van der Waals surface area contributed by atoms with E-state index >= 15 is 0 Å². The summed E-state index contributed by atoms with van der Waals surface area (Å²) in [7, 11) is -2.17. The smallest absolute Gasteiger partial charge is 1.00 e. The van der Waals surface area contributed by atoms with Crippen LogP contribution in [0.4, 0.5) is 0 Å². The molecular formula is C3H8BClILiO5. The van der Waals surface area contributed by atoms with Gasteiger partial charge in [-0.1, -0.05) is 11.6 Å². The van der Waals surface area contributed by atoms with E-state index in [0.717, 1.165) is 0 Å². The first kappa shape index (κ1) is 18.7. The van der Waals surface area contributed by atoms with Gasteiger partial charge in [-0.15, -0.1) is 0 Å². The third-order valence-electron chi connectivity index (χ3n) is 0.376. The van der Waals surface area contributed by atoms with Crippen LogP contribution in [0.15, 0.2) is 0 Å². The van der Waals surface area contributed by atoms with Crippen molar-refractivity contribution in [1.29, 1.82) is 0 Å². The molecule has 0 rings (SSSR count). The molecule has 0 aliphatic heterocycles. The zero-order chi connectivity index (χ0) is 9.65. The fourth-order valence-corrected chi connectivity index (χ4v) is 0. The van der Waals surface area contributed by atoms with Crippen LogP contribution in [0.2, 0.25) is 0 Å². The first-order valence-corrected chi connectivity index (χ1v) is 3.79. The molecule has 0 radical (unpaired) electrons. The third-order valence-corrected chi connectivity index (χ3v) is 0.999. The van der Waals surface area contributed by atoms with Gasteiger partial charge in [0.15, 0.2) is 2.88 Å². The number of hydrogen-bond acceptors (Lipinski definition) is 4. The molecule has 0 aromatic rings. The number of halogens is 2. The molecule has 4 N–H and O–H groups in total. The first-order chi connectivity index (χ1) is 4.68. The van der Waals surface area contributed by atoms with Crippen LogP contribution in [0, 0.1) is 0 Å². The van der Waals surface area contributed by atoms with Gasteiger partial charge in [0.25, 0.3) is 0 Å². The van der Waals surface area contributed by atoms with Crippen LogP contribution in [0.1, 0.15) is 8.35 Å². The summed E-state index contributed by atoms with van der Waals surface area (Å²) in [6.45, 7) is 1.41. The fraction of sp³-hybridized carbons (Fsp3) is 0.667. The Morgan fingerprint density at radius 1 is 1.58 bits per heavy atom. The van der Waals surface area contributed by atoms with Gasteiger partial charge in [-0.3, -0.25) is 0 Å². The van der Waals surface area contributed by atoms with E-state index in [9.17, 15) is 4.79 Å². The Labute approximate surface area is 102 Å². The number of aliphatic carboxylic acids is 1. The van der Waals surface area contributed by atoms with Crippen molar-refractivity contribution in [3.63, 3.8) is 0 Å². The summed E-state index contributed by atoms with van der Waals surface area (Å²) in [6, 6.07) is 0. The van der Waals surface area contributed by atoms with E-state index in [2.05, 4.69) is 0 Å². The second-order valence-corrected chi connectivity index (χ2v) is 5.09. The van der Waals surface area contributed by atoms with E-state index in [1.54, 1.807) is 22.6 Å². The molecule has 1 atom stereocenters. The maximum atomic E-state index is 9.88. The Morgan fingerprint density at radius 2 is 1.67 bits per heavy atom. The van der Waals surface area contributed by atoms with Crippen LogP contribution in [-0.4, -0.2) is 36.4 Å². The van der Waals surface area contributed by atoms with Gasteiger partial charge in [0.2, 0.25) is 0 Å². The van der Waals surface area contributed by atoms with Crippen LogP contribution in [0.25, 0.3) is 0 Å². The minimum absolute atomic E-state index is 0. The van der Waals surface area contributed by atoms with E-state index < -0.39 is 16.2 Å². The number of carbonyl (C=O) groups is 1. The van der Waals surface area contributed by atoms with Crippen molar-refractivity contribution in [2.75, 3.05) is 0 Å². The maximum Gasteiger partial charge on any atom is 1.00 e. The number of rotatable bonds is 1. The molecule has 0 saturated heterocycles. The summed E-state index contributed by atoms with van der Waals surface area (Å²) in [4.78, 5) is 9.88. The van der Waals surface area contributed by atoms with Gasteiger partial charge in [-0.05, 0) is 29.5 Å². The molecule has 68 valence electrons. The monoisotopic (exact) mass is 304 g/mol. The van der Waals surface area contributed by atoms with Gasteiger partial charge in [-0.2, -0.15) is 0 Å². The fourth-order valence-electron chi connectivity index (χ4n) is 0. The van der Waals surface area contributed by atoms with Gasteiger partial charge in [0.05, 0.1) is 0 Å². The van der Waals surface area contributed by atoms with Gasteiger partial charge in [0, 0.05) is 0 Å². The molecule has 9 heteroatoms. The van der Waals surface area contributed by atoms with Crippen molar-refractivity contribution >= 4 is 47.5 Å². The maximum absolute atomic E-state index is 9.88. The zero-order valence-corrected chi connectivity index (χ0v) is 9.44. The van der Waals surface area contributed by atoms with Crippen molar-refractivity contribution in [3.05, 3.63) is 0 Å². The van der Waals surface area contributed by atoms with E-state index in [-0.39, 0.29) is 20.3 Å². The molecule has 0 amide bonds. The van der Waals surface area contributed by atoms with Gasteiger partial charge < -0.3 is 21.6 Å². The van der Waals surface area contributed by atoms with E-state index in [4.69, 9.17) is 31.8 Å². The second-order valence-electron chi connectivity index (χ2n) is 1.54. The van der Waals surface area contributed by atoms with Crippen LogP contribution < -0.4 is 18.9 Å². The molecule has 1 unspecified atom stereocenters. The molecular weight excluding hydrogens is 296 g/mol. The Bertz CT molecular complexity index is 131. The van der Waals surface area contributed by atoms with E-state index in [1.165, 1.54) is 6.92 Å². The van der Waals surface area contributed by atoms with Crippen molar-refractivity contribution in [2.24, 2.45) is 0 Å². The van der Waals surface area contributed by atoms with Crippen molar-refractivity contribution in [2.45, 2.75) is 9.80 Å². The van der Waals surface area contributed by atoms with Crippen LogP contribution in [-0.2, 0) is 4.79 Å². The number of hydrogen-bond donors (Lipinski definition) is 4. The van der Waals surface area contributed by atoms with Gasteiger partial charge in [0.1, 0.15) is 0 Å². The average Bonchev–Trinajstić information content (AvgIpc) is 1.59. The predicted molar refractivity (Wildman–Crippen MR) is 49.4 cm³/mol. The molecule has 0 aromatic heterocycles. The number of alkyl halides is 2. The van der Waals surface area contributed by atoms with Crippen molar-refractivity contribution in [1.82, 2.24) is 0 Å². The molecule has 0 aliphatic rings. The van der Waals surface area contributed by atoms with Crippen LogP contribution in [0.5, 0.6) is 0 Å². The number of carboxylic acid groups (broad SMARTS) is 1. The van der Waals surface area contributed by atoms with Crippen LogP contribution in [0.3, 0.4) is 0 Å². The summed E-state index contributed by atoms with van der Waals surface area (Å²) < 4.78 is -1.14. The predicted octanol–water partition coefficient (Wildman–Crippen LogP) is -3.47. The van der Waals surface area contributed by atoms with Crippen molar-refractivity contribution < 1.29 is 45.3 Å². The topological polar surface area (TPSA) is 98.0 Å². The molecule has 0 aliphatic carbocycles. The van der Waals surface area contributed by atoms with Crippen LogP contribution >= 0.6 is 34.2 Å². The average molecular weight is 304 g/mol. The quantitative estimate of drug-likeness (QED) is 0.229. The van der Waals surface area contributed by atoms with E-state index in [1.807, 2.05) is 0 Å². The normalized spacial score (nSPS) is 12.8. The summed E-state index contributed by atoms with van der Waals surface area (Å²) in [6.07, 6.45) is 0. The molecule has 0 heterocycles. The van der Waals surface area contributed by atoms with Crippen molar-refractivity contribution in [3.8, 4) is 0 Å². The largest absolute Gasteiger partial charge is 1.00 e. The van der Waals surface area contributed by atoms with Gasteiger partial charge >= 0.3 is 32.2 Å². The molecule has 0 fully saturated rings. The summed E-state index contributed by atoms with van der Waals surface area (Å²) in [5, 5.41) is 29.6. The van der Waals surface area contributed by atoms with Gasteiger partial charge in [-0.25, -0.2) is 4.79 Å². The molecule has 5 nitrogen and oxygen atoms in total. The summed E-state index contributed by atoms with van der Waals surface area (Å²) in [5.74, 6) is -1.00. The Kier molecular flexibility index (Phi) is 13.5. The molecule has 0 aromatic carbocycles. The molecule has 12 heavy (non-hydrogen) atoms. The SMILES string of the molecule is CC(Cl)(I)C(=O)O.OB(O)O.[H-].[Li+]. The summed E-state index contributed by atoms with van der Waals surface area (Å²) >= 11 is 6.89. The summed E-state index contributed by atoms with van der Waals surface area (Å²) in [5.41, 5.74) is 0. The minimum Gasteiger partial charge on any atom is -1.00 e. The Morgan fingerprint density at radius 3 is 1.67 bits per heavy atom. The first-order valence-electron chi connectivity index (χ1n) is 2.33. The Balaban J connectivity index is -0.0000000600.